The minimum absolute atomic E-state index is 0.231. The Bertz CT molecular complexity index is 7280. The molecule has 2 aromatic heterocycles. The maximum atomic E-state index is 11.8. The van der Waals surface area contributed by atoms with Crippen LogP contribution in [0.15, 0.2) is 351 Å². The Hall–Kier alpha value is -12.4. The first-order valence-corrected chi connectivity index (χ1v) is 32.8. The molecule has 5 heteroatoms. The van der Waals surface area contributed by atoms with Crippen molar-refractivity contribution in [1.29, 1.82) is 0 Å². The second-order valence-corrected chi connectivity index (χ2v) is 24.7. The minimum atomic E-state index is -1.75. The standard InChI is InChI=1S/C95H69BN4/c1-3-28-63(2)72-59-91-93-92(60-72)100(95-77(68-37-18-8-19-38-68)45-27-46-78(95)69-39-20-9-21-40-69)90-62-74(98-86-48-25-23-42-80(86)82-58-71(50-56-88(82)98)65-31-12-5-13-32-65)52-54-84(90)96(93)83-53-51-73(97-85-47-24-22-41-79(85)81-57-70(49-55-87(81)97)64-29-10-4-11-30-64)61-89(83)99(91)94-75(66-33-14-6-15-34-66)43-26-44-76(94)67-35-16-7-17-36-67/h4-27,29-63H,3,28H2,1-2H3/i4D,5D,10D,11D,12D,13D,22D,23D,24D,25D,29D,30D,31D,32D,41D,42D,47D,48D,49D,50D,51D,52D,53D,54D,55D,56D,57D,58D,61D,62D. The fourth-order valence-corrected chi connectivity index (χ4v) is 14.6. The van der Waals surface area contributed by atoms with Gasteiger partial charge < -0.3 is 18.9 Å². The van der Waals surface area contributed by atoms with E-state index in [1.165, 1.54) is 0 Å². The SMILES string of the molecule is [2H]c1c([2H])c([2H])c(-c2c([2H])c([2H])c3c(c2[2H])c2c([2H])c([2H])c([2H])c([2H])c2n3-c2c([2H])c([2H])c3c(c2[2H])N(c2c(-c4ccccc4)cccc2-c2ccccc2)c2cc(C(C)CCC)cc4c2B3c2c([2H])c([2H])c(-n3c5c([2H])c([2H])c([2H])c([2H])c5c5c([2H])c(-c6c([2H])c([2H])c([2H])c([2H])c6[2H])c([2H])c([2H])c53)c([2H])c2N4c2c(-c3ccccc3)cccc2-c2ccccc2)c([2H])c1[2H]. The molecule has 1 unspecified atom stereocenters. The molecular formula is C95H69BN4. The molecule has 100 heavy (non-hydrogen) atoms. The van der Waals surface area contributed by atoms with Crippen LogP contribution in [0, 0.1) is 0 Å². The molecule has 2 aliphatic rings. The van der Waals surface area contributed by atoms with Crippen molar-refractivity contribution in [1.82, 2.24) is 9.13 Å². The lowest BCUT2D eigenvalue weighted by atomic mass is 9.33. The Balaban J connectivity index is 1.06. The van der Waals surface area contributed by atoms with E-state index in [1.54, 1.807) is 9.80 Å². The number of benzene rings is 15. The van der Waals surface area contributed by atoms with Crippen molar-refractivity contribution >= 4 is 101 Å². The van der Waals surface area contributed by atoms with Crippen LogP contribution in [0.2, 0.25) is 0 Å². The number of fused-ring (bicyclic) bond motifs is 10. The maximum Gasteiger partial charge on any atom is 0.252 e. The van der Waals surface area contributed by atoms with Crippen molar-refractivity contribution in [2.45, 2.75) is 32.6 Å². The summed E-state index contributed by atoms with van der Waals surface area (Å²) in [6, 6.07) is 26.4. The largest absolute Gasteiger partial charge is 0.310 e. The van der Waals surface area contributed by atoms with E-state index < -0.39 is 271 Å². The first-order chi connectivity index (χ1) is 62.0. The minimum Gasteiger partial charge on any atom is -0.310 e. The summed E-state index contributed by atoms with van der Waals surface area (Å²) in [5, 5.41) is -2.11. The van der Waals surface area contributed by atoms with Crippen LogP contribution in [0.5, 0.6) is 0 Å². The van der Waals surface area contributed by atoms with Gasteiger partial charge in [-0.05, 0) is 151 Å². The van der Waals surface area contributed by atoms with Crippen molar-refractivity contribution in [2.75, 3.05) is 9.80 Å². The van der Waals surface area contributed by atoms with E-state index >= 15 is 0 Å². The van der Waals surface area contributed by atoms with E-state index in [0.717, 1.165) is 9.13 Å². The van der Waals surface area contributed by atoms with Gasteiger partial charge >= 0.3 is 0 Å². The summed E-state index contributed by atoms with van der Waals surface area (Å²) in [7, 11) is 0. The number of nitrogens with zero attached hydrogens (tertiary/aromatic N) is 4. The van der Waals surface area contributed by atoms with Gasteiger partial charge in [0.15, 0.2) is 0 Å². The Morgan fingerprint density at radius 3 is 1.09 bits per heavy atom. The van der Waals surface area contributed by atoms with Crippen LogP contribution in [0.25, 0.3) is 122 Å². The molecule has 4 nitrogen and oxygen atoms in total. The van der Waals surface area contributed by atoms with Gasteiger partial charge in [0.2, 0.25) is 0 Å². The van der Waals surface area contributed by atoms with E-state index in [-0.39, 0.29) is 39.1 Å². The second-order valence-electron chi connectivity index (χ2n) is 24.7. The molecule has 0 N–H and O–H groups in total. The molecule has 0 saturated carbocycles. The highest BCUT2D eigenvalue weighted by Gasteiger charge is 2.46. The second kappa shape index (κ2) is 24.3. The lowest BCUT2D eigenvalue weighted by molar-refractivity contribution is 0.665. The summed E-state index contributed by atoms with van der Waals surface area (Å²) in [5.41, 5.74) is -1.16. The van der Waals surface area contributed by atoms with Gasteiger partial charge in [-0.3, -0.25) is 0 Å². The molecule has 0 bridgehead atoms. The van der Waals surface area contributed by atoms with E-state index in [2.05, 4.69) is 0 Å². The van der Waals surface area contributed by atoms with E-state index in [1.807, 2.05) is 184 Å². The van der Waals surface area contributed by atoms with Crippen LogP contribution < -0.4 is 26.2 Å². The molecule has 0 radical (unpaired) electrons. The molecule has 472 valence electrons. The molecule has 0 spiro atoms. The lowest BCUT2D eigenvalue weighted by Crippen LogP contribution is -2.61. The predicted octanol–water partition coefficient (Wildman–Crippen LogP) is 23.9. The van der Waals surface area contributed by atoms with Gasteiger partial charge in [-0.25, -0.2) is 0 Å². The van der Waals surface area contributed by atoms with Crippen molar-refractivity contribution in [3.8, 4) is 78.1 Å². The highest BCUT2D eigenvalue weighted by molar-refractivity contribution is 7.00. The maximum absolute atomic E-state index is 11.8. The van der Waals surface area contributed by atoms with E-state index in [9.17, 15) is 32.9 Å². The Morgan fingerprint density at radius 2 is 0.700 bits per heavy atom. The molecule has 0 fully saturated rings. The van der Waals surface area contributed by atoms with E-state index in [4.69, 9.17) is 8.22 Å². The molecule has 0 aliphatic carbocycles. The van der Waals surface area contributed by atoms with Gasteiger partial charge in [-0.15, -0.1) is 0 Å². The molecular weight excluding hydrogens is 1210 g/mol. The van der Waals surface area contributed by atoms with Crippen molar-refractivity contribution in [3.63, 3.8) is 0 Å². The normalized spacial score (nSPS) is 16.9. The van der Waals surface area contributed by atoms with Crippen LogP contribution >= 0.6 is 0 Å². The third kappa shape index (κ3) is 9.59. The number of rotatable bonds is 13. The van der Waals surface area contributed by atoms with E-state index in [0.29, 0.717) is 74.3 Å². The predicted molar refractivity (Wildman–Crippen MR) is 425 cm³/mol. The molecule has 15 aromatic carbocycles. The first-order valence-electron chi connectivity index (χ1n) is 47.8. The fraction of sp³-hybridized carbons (Fsp3) is 0.0526. The third-order valence-electron chi connectivity index (χ3n) is 19.0. The van der Waals surface area contributed by atoms with Crippen molar-refractivity contribution < 1.29 is 41.1 Å². The Labute approximate surface area is 626 Å². The topological polar surface area (TPSA) is 16.3 Å². The highest BCUT2D eigenvalue weighted by atomic mass is 15.2. The number of para-hydroxylation sites is 4. The smallest absolute Gasteiger partial charge is 0.252 e. The van der Waals surface area contributed by atoms with Crippen LogP contribution in [0.4, 0.5) is 34.1 Å². The molecule has 4 heterocycles. The van der Waals surface area contributed by atoms with Gasteiger partial charge in [0.1, 0.15) is 0 Å². The highest BCUT2D eigenvalue weighted by Crippen LogP contribution is 2.54. The summed E-state index contributed by atoms with van der Waals surface area (Å²) >= 11 is 0. The molecule has 0 saturated heterocycles. The average molecular weight is 1310 g/mol. The lowest BCUT2D eigenvalue weighted by Gasteiger charge is -2.46. The first kappa shape index (κ1) is 35.7. The van der Waals surface area contributed by atoms with Gasteiger partial charge in [-0.2, -0.15) is 0 Å². The molecule has 17 aromatic rings. The van der Waals surface area contributed by atoms with Crippen LogP contribution in [-0.4, -0.2) is 15.8 Å². The summed E-state index contributed by atoms with van der Waals surface area (Å²) < 4.78 is 297. The molecule has 2 aliphatic heterocycles. The summed E-state index contributed by atoms with van der Waals surface area (Å²) in [6.07, 6.45) is 1.11. The van der Waals surface area contributed by atoms with Gasteiger partial charge in [0, 0.05) is 77.9 Å². The quantitative estimate of drug-likeness (QED) is 0.107. The molecule has 0 amide bonds. The average Bonchev–Trinajstić information content (AvgIpc) is 0.851. The summed E-state index contributed by atoms with van der Waals surface area (Å²) in [6.45, 7) is 2.28. The Morgan fingerprint density at radius 1 is 0.330 bits per heavy atom. The van der Waals surface area contributed by atoms with Gasteiger partial charge in [-0.1, -0.05) is 299 Å². The van der Waals surface area contributed by atoms with Crippen LogP contribution in [0.1, 0.15) is 79.3 Å². The van der Waals surface area contributed by atoms with Crippen LogP contribution in [-0.2, 0) is 0 Å². The summed E-state index contributed by atoms with van der Waals surface area (Å²) in [4.78, 5) is 3.58. The Kier molecular flexibility index (Phi) is 8.67. The van der Waals surface area contributed by atoms with Gasteiger partial charge in [0.25, 0.3) is 6.71 Å². The van der Waals surface area contributed by atoms with Crippen LogP contribution in [0.3, 0.4) is 0 Å². The third-order valence-corrected chi connectivity index (χ3v) is 19.0. The van der Waals surface area contributed by atoms with Crippen molar-refractivity contribution in [3.05, 3.63) is 357 Å². The zero-order chi connectivity index (χ0) is 92.5. The monoisotopic (exact) mass is 1310 g/mol. The van der Waals surface area contributed by atoms with Crippen molar-refractivity contribution in [2.24, 2.45) is 0 Å². The zero-order valence-corrected chi connectivity index (χ0v) is 53.5. The molecule has 1 atom stereocenters. The number of anilines is 6. The number of aromatic nitrogens is 2. The number of hydrogen-bond donors (Lipinski definition) is 0. The fourth-order valence-electron chi connectivity index (χ4n) is 14.6. The zero-order valence-electron chi connectivity index (χ0n) is 83.5. The van der Waals surface area contributed by atoms with Gasteiger partial charge in [0.05, 0.1) is 74.6 Å². The summed E-state index contributed by atoms with van der Waals surface area (Å²) in [5.74, 6) is -0.433. The molecule has 19 rings (SSSR count). The number of hydrogen-bond acceptors (Lipinski definition) is 2.